The number of hydrogen-bond donors (Lipinski definition) is 2. The normalized spacial score (nSPS) is 17.2. The summed E-state index contributed by atoms with van der Waals surface area (Å²) in [5.74, 6) is -0.829. The summed E-state index contributed by atoms with van der Waals surface area (Å²) in [6.45, 7) is 3.72. The maximum atomic E-state index is 14.1. The van der Waals surface area contributed by atoms with E-state index in [1.807, 2.05) is 54.6 Å². The van der Waals surface area contributed by atoms with E-state index in [0.717, 1.165) is 31.7 Å². The number of para-hydroxylation sites is 2. The van der Waals surface area contributed by atoms with Crippen molar-refractivity contribution in [1.82, 2.24) is 15.1 Å². The lowest BCUT2D eigenvalue weighted by atomic mass is 10.1. The van der Waals surface area contributed by atoms with Gasteiger partial charge in [0.2, 0.25) is 12.1 Å². The van der Waals surface area contributed by atoms with Crippen LogP contribution in [-0.4, -0.2) is 92.9 Å². The zero-order chi connectivity index (χ0) is 30.3. The van der Waals surface area contributed by atoms with Gasteiger partial charge in [-0.15, -0.1) is 0 Å². The van der Waals surface area contributed by atoms with E-state index < -0.39 is 18.1 Å². The number of carbonyl (C=O) groups excluding carboxylic acids is 3. The van der Waals surface area contributed by atoms with Gasteiger partial charge >= 0.3 is 6.03 Å². The average Bonchev–Trinajstić information content (AvgIpc) is 3.13. The number of carbonyl (C=O) groups is 3. The van der Waals surface area contributed by atoms with Crippen LogP contribution in [0.1, 0.15) is 11.1 Å². The predicted octanol–water partition coefficient (Wildman–Crippen LogP) is 2.75. The highest BCUT2D eigenvalue weighted by atomic mass is 16.2. The Bertz CT molecular complexity index is 1560. The van der Waals surface area contributed by atoms with E-state index in [1.165, 1.54) is 15.9 Å². The number of nitrogens with one attached hydrogen (secondary N) is 2. The molecule has 11 nitrogen and oxygen atoms in total. The van der Waals surface area contributed by atoms with Crippen LogP contribution in [-0.2, 0) is 9.59 Å². The van der Waals surface area contributed by atoms with Gasteiger partial charge in [-0.2, -0.15) is 5.26 Å². The maximum Gasteiger partial charge on any atom is 0.321 e. The number of urea groups is 1. The standard InChI is InChI=1S/C32H34N8O3/c1-37-15-17-39(18-16-37)21-27-26-13-6-7-14-28(26)40(22-29(41)38(2)25-11-4-3-5-12-25)31(42)30(35-27)36-32(43)34-24-10-8-9-23(19-24)20-33/h3-14,19,30H,15-18,21-22H2,1-2H3,(H2,34,36,43). The van der Waals surface area contributed by atoms with Gasteiger partial charge in [-0.25, -0.2) is 4.79 Å². The number of rotatable bonds is 7. The zero-order valence-electron chi connectivity index (χ0n) is 24.2. The van der Waals surface area contributed by atoms with Crippen LogP contribution in [0, 0.1) is 11.3 Å². The van der Waals surface area contributed by atoms with Crippen LogP contribution in [0.3, 0.4) is 0 Å². The number of anilines is 3. The molecule has 1 atom stereocenters. The minimum atomic E-state index is -1.29. The first-order valence-corrected chi connectivity index (χ1v) is 14.1. The van der Waals surface area contributed by atoms with Crippen molar-refractivity contribution >= 4 is 40.6 Å². The number of amides is 4. The first-order valence-electron chi connectivity index (χ1n) is 14.1. The Balaban J connectivity index is 1.46. The third kappa shape index (κ3) is 7.06. The van der Waals surface area contributed by atoms with E-state index in [4.69, 9.17) is 4.99 Å². The van der Waals surface area contributed by atoms with Gasteiger partial charge in [-0.1, -0.05) is 42.5 Å². The number of piperazine rings is 1. The van der Waals surface area contributed by atoms with E-state index in [1.54, 1.807) is 31.3 Å². The van der Waals surface area contributed by atoms with Crippen molar-refractivity contribution in [3.63, 3.8) is 0 Å². The predicted molar refractivity (Wildman–Crippen MR) is 166 cm³/mol. The average molecular weight is 579 g/mol. The van der Waals surface area contributed by atoms with E-state index >= 15 is 0 Å². The lowest BCUT2D eigenvalue weighted by molar-refractivity contribution is -0.123. The number of aliphatic imine (C=N–C) groups is 1. The summed E-state index contributed by atoms with van der Waals surface area (Å²) in [5, 5.41) is 14.6. The minimum Gasteiger partial charge on any atom is -0.314 e. The molecule has 43 heavy (non-hydrogen) atoms. The zero-order valence-corrected chi connectivity index (χ0v) is 24.2. The number of likely N-dealkylation sites (N-methyl/N-ethyl adjacent to an activating group) is 2. The van der Waals surface area contributed by atoms with E-state index in [2.05, 4.69) is 27.5 Å². The molecule has 2 N–H and O–H groups in total. The number of benzodiazepines with no additional fused rings is 1. The summed E-state index contributed by atoms with van der Waals surface area (Å²) in [5.41, 5.74) is 3.43. The largest absolute Gasteiger partial charge is 0.321 e. The summed E-state index contributed by atoms with van der Waals surface area (Å²) in [4.78, 5) is 53.0. The highest BCUT2D eigenvalue weighted by Gasteiger charge is 2.35. The molecule has 1 unspecified atom stereocenters. The fourth-order valence-electron chi connectivity index (χ4n) is 5.10. The molecule has 3 aromatic rings. The quantitative estimate of drug-likeness (QED) is 0.444. The summed E-state index contributed by atoms with van der Waals surface area (Å²) in [6.07, 6.45) is -1.29. The highest BCUT2D eigenvalue weighted by molar-refractivity contribution is 6.16. The van der Waals surface area contributed by atoms with Gasteiger partial charge in [0, 0.05) is 56.7 Å². The fourth-order valence-corrected chi connectivity index (χ4v) is 5.10. The second-order valence-corrected chi connectivity index (χ2v) is 10.6. The van der Waals surface area contributed by atoms with E-state index in [9.17, 15) is 19.6 Å². The topological polar surface area (TPSA) is 124 Å². The van der Waals surface area contributed by atoms with Crippen LogP contribution >= 0.6 is 0 Å². The molecule has 0 aromatic heterocycles. The van der Waals surface area contributed by atoms with Crippen molar-refractivity contribution in [2.75, 3.05) is 68.5 Å². The van der Waals surface area contributed by atoms with Crippen molar-refractivity contribution in [2.24, 2.45) is 4.99 Å². The third-order valence-electron chi connectivity index (χ3n) is 7.59. The van der Waals surface area contributed by atoms with Gasteiger partial charge in [-0.3, -0.25) is 24.4 Å². The molecule has 5 rings (SSSR count). The third-order valence-corrected chi connectivity index (χ3v) is 7.59. The number of fused-ring (bicyclic) bond motifs is 1. The molecule has 1 fully saturated rings. The molecule has 2 heterocycles. The summed E-state index contributed by atoms with van der Waals surface area (Å²) < 4.78 is 0. The molecular formula is C32H34N8O3. The van der Waals surface area contributed by atoms with Crippen molar-refractivity contribution in [2.45, 2.75) is 6.17 Å². The molecule has 220 valence electrons. The van der Waals surface area contributed by atoms with Crippen LogP contribution in [0.15, 0.2) is 83.9 Å². The Kier molecular flexibility index (Phi) is 9.10. The van der Waals surface area contributed by atoms with Crippen molar-refractivity contribution in [1.29, 1.82) is 5.26 Å². The molecular weight excluding hydrogens is 544 g/mol. The van der Waals surface area contributed by atoms with Crippen molar-refractivity contribution < 1.29 is 14.4 Å². The second-order valence-electron chi connectivity index (χ2n) is 10.6. The maximum absolute atomic E-state index is 14.1. The Morgan fingerprint density at radius 3 is 2.47 bits per heavy atom. The number of hydrogen-bond acceptors (Lipinski definition) is 7. The van der Waals surface area contributed by atoms with E-state index in [0.29, 0.717) is 34.9 Å². The second kappa shape index (κ2) is 13.3. The molecule has 3 aromatic carbocycles. The molecule has 0 saturated carbocycles. The molecule has 0 aliphatic carbocycles. The first kappa shape index (κ1) is 29.4. The first-order chi connectivity index (χ1) is 20.8. The monoisotopic (exact) mass is 578 g/mol. The minimum absolute atomic E-state index is 0.247. The van der Waals surface area contributed by atoms with Gasteiger partial charge in [0.25, 0.3) is 5.91 Å². The van der Waals surface area contributed by atoms with E-state index in [-0.39, 0.29) is 12.5 Å². The van der Waals surface area contributed by atoms with Gasteiger partial charge < -0.3 is 20.4 Å². The SMILES string of the molecule is CN1CCN(CC2=NC(NC(=O)Nc3cccc(C#N)c3)C(=O)N(CC(=O)N(C)c3ccccc3)c3ccccc32)CC1. The fraction of sp³-hybridized carbons (Fsp3) is 0.281. The molecule has 2 aliphatic rings. The molecule has 4 amide bonds. The molecule has 0 radical (unpaired) electrons. The van der Waals surface area contributed by atoms with Gasteiger partial charge in [0.05, 0.1) is 23.0 Å². The Morgan fingerprint density at radius 2 is 1.72 bits per heavy atom. The van der Waals surface area contributed by atoms with Crippen LogP contribution in [0.4, 0.5) is 21.9 Å². The summed E-state index contributed by atoms with van der Waals surface area (Å²) in [7, 11) is 3.75. The molecule has 1 saturated heterocycles. The van der Waals surface area contributed by atoms with Gasteiger partial charge in [0.15, 0.2) is 0 Å². The summed E-state index contributed by atoms with van der Waals surface area (Å²) in [6, 6.07) is 24.5. The van der Waals surface area contributed by atoms with Crippen molar-refractivity contribution in [3.8, 4) is 6.07 Å². The molecule has 2 aliphatic heterocycles. The van der Waals surface area contributed by atoms with Gasteiger partial charge in [0.1, 0.15) is 6.54 Å². The van der Waals surface area contributed by atoms with Crippen LogP contribution in [0.2, 0.25) is 0 Å². The van der Waals surface area contributed by atoms with Crippen LogP contribution in [0.5, 0.6) is 0 Å². The Morgan fingerprint density at radius 1 is 1.00 bits per heavy atom. The number of nitrogens with zero attached hydrogens (tertiary/aromatic N) is 6. The highest BCUT2D eigenvalue weighted by Crippen LogP contribution is 2.27. The Labute approximate surface area is 251 Å². The van der Waals surface area contributed by atoms with Gasteiger partial charge in [-0.05, 0) is 43.4 Å². The lowest BCUT2D eigenvalue weighted by Gasteiger charge is -2.32. The smallest absolute Gasteiger partial charge is 0.314 e. The van der Waals surface area contributed by atoms with Crippen LogP contribution in [0.25, 0.3) is 0 Å². The van der Waals surface area contributed by atoms with Crippen LogP contribution < -0.4 is 20.4 Å². The lowest BCUT2D eigenvalue weighted by Crippen LogP contribution is -2.51. The number of nitriles is 1. The molecule has 11 heteroatoms. The number of benzene rings is 3. The molecule has 0 bridgehead atoms. The molecule has 0 spiro atoms. The van der Waals surface area contributed by atoms with Crippen molar-refractivity contribution in [3.05, 3.63) is 90.0 Å². The Hall–Kier alpha value is -5.05. The summed E-state index contributed by atoms with van der Waals surface area (Å²) >= 11 is 0.